The summed E-state index contributed by atoms with van der Waals surface area (Å²) in [6.45, 7) is 0.684. The van der Waals surface area contributed by atoms with Crippen LogP contribution in [0.25, 0.3) is 0 Å². The minimum Gasteiger partial charge on any atom is -0.457 e. The summed E-state index contributed by atoms with van der Waals surface area (Å²) in [5.41, 5.74) is 6.82. The Kier molecular flexibility index (Phi) is 2.68. The molecule has 0 saturated heterocycles. The number of hydrogen-bond donors (Lipinski definition) is 0. The molecule has 1 aliphatic carbocycles. The Morgan fingerprint density at radius 1 is 1.09 bits per heavy atom. The van der Waals surface area contributed by atoms with Gasteiger partial charge in [-0.2, -0.15) is 0 Å². The molecule has 2 aliphatic heterocycles. The van der Waals surface area contributed by atoms with Crippen LogP contribution in [0.5, 0.6) is 0 Å². The number of benzene rings is 1. The van der Waals surface area contributed by atoms with E-state index in [1.54, 1.807) is 12.4 Å². The van der Waals surface area contributed by atoms with Crippen molar-refractivity contribution in [1.82, 2.24) is 4.98 Å². The minimum absolute atomic E-state index is 0.0594. The number of esters is 1. The molecule has 0 radical (unpaired) electrons. The Hall–Kier alpha value is -2.49. The number of nitrogens with zero attached hydrogens (tertiary/aromatic N) is 2. The first-order valence-electron chi connectivity index (χ1n) is 8.10. The number of carbonyl (C=O) groups excluding carboxylic acids is 1. The maximum atomic E-state index is 11.9. The zero-order valence-electron chi connectivity index (χ0n) is 12.7. The smallest absolute Gasteiger partial charge is 0.310 e. The summed E-state index contributed by atoms with van der Waals surface area (Å²) in [5.74, 6) is 0.404. The Bertz CT molecular complexity index is 838. The lowest BCUT2D eigenvalue weighted by atomic mass is 9.88. The molecule has 1 atom stereocenters. The number of carbonyl (C=O) groups is 1. The van der Waals surface area contributed by atoms with Gasteiger partial charge in [0.05, 0.1) is 18.7 Å². The van der Waals surface area contributed by atoms with Crippen LogP contribution < -0.4 is 0 Å². The first kappa shape index (κ1) is 13.0. The predicted molar refractivity (Wildman–Crippen MR) is 85.3 cm³/mol. The van der Waals surface area contributed by atoms with Crippen molar-refractivity contribution in [3.63, 3.8) is 0 Å². The van der Waals surface area contributed by atoms with Gasteiger partial charge in [0, 0.05) is 29.4 Å². The van der Waals surface area contributed by atoms with Gasteiger partial charge in [-0.1, -0.05) is 6.07 Å². The van der Waals surface area contributed by atoms with Gasteiger partial charge in [-0.15, -0.1) is 0 Å². The molecule has 0 bridgehead atoms. The third kappa shape index (κ3) is 2.09. The number of pyridine rings is 1. The lowest BCUT2D eigenvalue weighted by molar-refractivity contribution is -0.151. The van der Waals surface area contributed by atoms with E-state index >= 15 is 0 Å². The minimum atomic E-state index is -0.0948. The Morgan fingerprint density at radius 3 is 2.70 bits per heavy atom. The molecule has 0 spiro atoms. The van der Waals surface area contributed by atoms with E-state index < -0.39 is 0 Å². The summed E-state index contributed by atoms with van der Waals surface area (Å²) < 4.78 is 5.65. The zero-order chi connectivity index (χ0) is 15.4. The maximum absolute atomic E-state index is 11.9. The second kappa shape index (κ2) is 4.75. The molecule has 3 heterocycles. The van der Waals surface area contributed by atoms with E-state index in [0.29, 0.717) is 18.9 Å². The summed E-state index contributed by atoms with van der Waals surface area (Å²) in [7, 11) is 0. The predicted octanol–water partition coefficient (Wildman–Crippen LogP) is 2.98. The van der Waals surface area contributed by atoms with Gasteiger partial charge in [0.15, 0.2) is 0 Å². The molecule has 23 heavy (non-hydrogen) atoms. The molecule has 2 aromatic rings. The fraction of sp³-hybridized carbons (Fsp3) is 0.316. The highest BCUT2D eigenvalue weighted by Crippen LogP contribution is 2.47. The fourth-order valence-electron chi connectivity index (χ4n) is 3.64. The Morgan fingerprint density at radius 2 is 1.91 bits per heavy atom. The van der Waals surface area contributed by atoms with Crippen molar-refractivity contribution in [3.05, 3.63) is 64.5 Å². The lowest BCUT2D eigenvalue weighted by Crippen LogP contribution is -2.23. The molecule has 1 unspecified atom stereocenters. The van der Waals surface area contributed by atoms with Gasteiger partial charge < -0.3 is 4.74 Å². The monoisotopic (exact) mass is 304 g/mol. The molecule has 3 aliphatic rings. The van der Waals surface area contributed by atoms with E-state index in [4.69, 9.17) is 9.73 Å². The average molecular weight is 304 g/mol. The second-order valence-corrected chi connectivity index (χ2v) is 6.53. The molecular formula is C19H16N2O2. The Balaban J connectivity index is 1.62. The van der Waals surface area contributed by atoms with Crippen LogP contribution in [-0.2, 0) is 22.5 Å². The molecule has 5 rings (SSSR count). The third-order valence-corrected chi connectivity index (χ3v) is 4.93. The van der Waals surface area contributed by atoms with E-state index in [2.05, 4.69) is 17.1 Å². The highest BCUT2D eigenvalue weighted by Gasteiger charge is 2.40. The van der Waals surface area contributed by atoms with E-state index in [-0.39, 0.29) is 12.1 Å². The molecule has 1 saturated carbocycles. The van der Waals surface area contributed by atoms with Crippen molar-refractivity contribution in [1.29, 1.82) is 0 Å². The number of ether oxygens (including phenoxy) is 1. The van der Waals surface area contributed by atoms with Crippen LogP contribution in [0.4, 0.5) is 0 Å². The standard InChI is InChI=1S/C19H16N2O2/c22-17-8-13-7-14-10-21-18(11-3-5-20-6-4-11)15(14)9-16(13)19(23-17)12-1-2-12/h3-7,9,12,19H,1-2,8,10H2. The van der Waals surface area contributed by atoms with Gasteiger partial charge in [0.2, 0.25) is 0 Å². The van der Waals surface area contributed by atoms with E-state index in [9.17, 15) is 4.79 Å². The number of aliphatic imine (C=N–C) groups is 1. The van der Waals surface area contributed by atoms with Crippen LogP contribution in [-0.4, -0.2) is 16.7 Å². The van der Waals surface area contributed by atoms with Crippen LogP contribution >= 0.6 is 0 Å². The highest BCUT2D eigenvalue weighted by molar-refractivity contribution is 6.15. The van der Waals surface area contributed by atoms with E-state index in [1.165, 1.54) is 16.7 Å². The normalized spacial score (nSPS) is 22.2. The molecular weight excluding hydrogens is 288 g/mol. The van der Waals surface area contributed by atoms with Crippen LogP contribution in [0.3, 0.4) is 0 Å². The lowest BCUT2D eigenvalue weighted by Gasteiger charge is -2.26. The first-order valence-corrected chi connectivity index (χ1v) is 8.10. The summed E-state index contributed by atoms with van der Waals surface area (Å²) in [5, 5.41) is 0. The zero-order valence-corrected chi connectivity index (χ0v) is 12.7. The van der Waals surface area contributed by atoms with Crippen LogP contribution in [0, 0.1) is 5.92 Å². The second-order valence-electron chi connectivity index (χ2n) is 6.53. The molecule has 1 fully saturated rings. The average Bonchev–Trinajstić information content (AvgIpc) is 3.33. The van der Waals surface area contributed by atoms with Gasteiger partial charge in [-0.25, -0.2) is 0 Å². The molecule has 114 valence electrons. The van der Waals surface area contributed by atoms with Crippen molar-refractivity contribution in [2.45, 2.75) is 31.9 Å². The number of fused-ring (bicyclic) bond motifs is 2. The van der Waals surface area contributed by atoms with Gasteiger partial charge in [0.25, 0.3) is 0 Å². The number of rotatable bonds is 2. The molecule has 4 nitrogen and oxygen atoms in total. The molecule has 0 N–H and O–H groups in total. The maximum Gasteiger partial charge on any atom is 0.310 e. The molecule has 4 heteroatoms. The summed E-state index contributed by atoms with van der Waals surface area (Å²) in [6.07, 6.45) is 6.22. The first-order chi connectivity index (χ1) is 11.3. The fourth-order valence-corrected chi connectivity index (χ4v) is 3.64. The SMILES string of the molecule is O=C1Cc2cc3c(cc2C(C2CC2)O1)C(c1ccncc1)=NC3. The van der Waals surface area contributed by atoms with Gasteiger partial charge >= 0.3 is 5.97 Å². The van der Waals surface area contributed by atoms with Crippen molar-refractivity contribution >= 4 is 11.7 Å². The van der Waals surface area contributed by atoms with Gasteiger partial charge in [-0.3, -0.25) is 14.8 Å². The van der Waals surface area contributed by atoms with Crippen molar-refractivity contribution in [3.8, 4) is 0 Å². The topological polar surface area (TPSA) is 51.5 Å². The van der Waals surface area contributed by atoms with E-state index in [1.807, 2.05) is 12.1 Å². The van der Waals surface area contributed by atoms with Gasteiger partial charge in [0.1, 0.15) is 6.10 Å². The number of hydrogen-bond acceptors (Lipinski definition) is 4. The van der Waals surface area contributed by atoms with Crippen molar-refractivity contribution < 1.29 is 9.53 Å². The quantitative estimate of drug-likeness (QED) is 0.801. The molecule has 0 amide bonds. The highest BCUT2D eigenvalue weighted by atomic mass is 16.5. The summed E-state index contributed by atoms with van der Waals surface area (Å²) >= 11 is 0. The molecule has 1 aromatic carbocycles. The third-order valence-electron chi connectivity index (χ3n) is 4.93. The van der Waals surface area contributed by atoms with E-state index in [0.717, 1.165) is 29.7 Å². The van der Waals surface area contributed by atoms with Gasteiger partial charge in [-0.05, 0) is 47.7 Å². The van der Waals surface area contributed by atoms with Crippen LogP contribution in [0.1, 0.15) is 46.8 Å². The van der Waals surface area contributed by atoms with Crippen molar-refractivity contribution in [2.24, 2.45) is 10.9 Å². The van der Waals surface area contributed by atoms with Crippen LogP contribution in [0.15, 0.2) is 41.7 Å². The van der Waals surface area contributed by atoms with Crippen LogP contribution in [0.2, 0.25) is 0 Å². The number of aromatic nitrogens is 1. The largest absolute Gasteiger partial charge is 0.457 e. The molecule has 1 aromatic heterocycles. The summed E-state index contributed by atoms with van der Waals surface area (Å²) in [4.78, 5) is 20.7. The Labute approximate surface area is 134 Å². The number of cyclic esters (lactones) is 1. The summed E-state index contributed by atoms with van der Waals surface area (Å²) in [6, 6.07) is 8.36. The van der Waals surface area contributed by atoms with Crippen molar-refractivity contribution in [2.75, 3.05) is 0 Å².